The van der Waals surface area contributed by atoms with Gasteiger partial charge in [0.05, 0.1) is 0 Å². The van der Waals surface area contributed by atoms with Gasteiger partial charge in [-0.2, -0.15) is 0 Å². The molecule has 1 aliphatic heterocycles. The van der Waals surface area contributed by atoms with E-state index in [0.29, 0.717) is 6.42 Å². The summed E-state index contributed by atoms with van der Waals surface area (Å²) in [4.78, 5) is 39.1. The van der Waals surface area contributed by atoms with Gasteiger partial charge in [0.15, 0.2) is 0 Å². The van der Waals surface area contributed by atoms with Crippen LogP contribution in [0.2, 0.25) is 0 Å². The summed E-state index contributed by atoms with van der Waals surface area (Å²) < 4.78 is 0. The molecule has 2 N–H and O–H groups in total. The number of benzene rings is 1. The van der Waals surface area contributed by atoms with E-state index in [4.69, 9.17) is 0 Å². The van der Waals surface area contributed by atoms with Crippen molar-refractivity contribution in [3.8, 4) is 0 Å². The molecule has 146 valence electrons. The molecular weight excluding hydrogens is 342 g/mol. The summed E-state index contributed by atoms with van der Waals surface area (Å²) in [5.74, 6) is -0.613. The highest BCUT2D eigenvalue weighted by Crippen LogP contribution is 2.32. The molecule has 6 nitrogen and oxygen atoms in total. The summed E-state index contributed by atoms with van der Waals surface area (Å²) in [5, 5.41) is 5.84. The van der Waals surface area contributed by atoms with Crippen LogP contribution in [-0.2, 0) is 15.1 Å². The SMILES string of the molecule is CCC1(c2ccccc2)NC(=O)N(CC(=O)NC2CCCCCCC2)C1=O. The lowest BCUT2D eigenvalue weighted by atomic mass is 9.87. The van der Waals surface area contributed by atoms with Crippen LogP contribution in [0.15, 0.2) is 30.3 Å². The molecule has 3 rings (SSSR count). The molecule has 1 unspecified atom stereocenters. The van der Waals surface area contributed by atoms with E-state index < -0.39 is 11.6 Å². The van der Waals surface area contributed by atoms with Crippen molar-refractivity contribution in [2.24, 2.45) is 0 Å². The fourth-order valence-electron chi connectivity index (χ4n) is 4.15. The Kier molecular flexibility index (Phi) is 6.14. The van der Waals surface area contributed by atoms with Crippen LogP contribution in [0.4, 0.5) is 4.79 Å². The van der Waals surface area contributed by atoms with E-state index >= 15 is 0 Å². The van der Waals surface area contributed by atoms with Crippen molar-refractivity contribution in [3.05, 3.63) is 35.9 Å². The summed E-state index contributed by atoms with van der Waals surface area (Å²) in [6.45, 7) is 1.64. The molecule has 0 spiro atoms. The smallest absolute Gasteiger partial charge is 0.325 e. The average Bonchev–Trinajstić information content (AvgIpc) is 2.89. The molecule has 1 heterocycles. The van der Waals surface area contributed by atoms with Crippen LogP contribution in [0.3, 0.4) is 0 Å². The van der Waals surface area contributed by atoms with Crippen molar-refractivity contribution in [1.29, 1.82) is 0 Å². The second-order valence-corrected chi connectivity index (χ2v) is 7.56. The van der Waals surface area contributed by atoms with Crippen LogP contribution in [0.5, 0.6) is 0 Å². The van der Waals surface area contributed by atoms with Crippen molar-refractivity contribution in [1.82, 2.24) is 15.5 Å². The largest absolute Gasteiger partial charge is 0.352 e. The van der Waals surface area contributed by atoms with Crippen molar-refractivity contribution in [2.75, 3.05) is 6.54 Å². The van der Waals surface area contributed by atoms with E-state index in [2.05, 4.69) is 10.6 Å². The third-order valence-electron chi connectivity index (χ3n) is 5.74. The molecule has 1 saturated carbocycles. The topological polar surface area (TPSA) is 78.5 Å². The molecule has 1 atom stereocenters. The Bertz CT molecular complexity index is 683. The zero-order valence-electron chi connectivity index (χ0n) is 16.0. The fraction of sp³-hybridized carbons (Fsp3) is 0.571. The van der Waals surface area contributed by atoms with Gasteiger partial charge in [0.25, 0.3) is 5.91 Å². The molecule has 2 aliphatic rings. The first-order valence-corrected chi connectivity index (χ1v) is 10.1. The quantitative estimate of drug-likeness (QED) is 0.781. The maximum Gasteiger partial charge on any atom is 0.325 e. The second kappa shape index (κ2) is 8.55. The van der Waals surface area contributed by atoms with E-state index in [9.17, 15) is 14.4 Å². The summed E-state index contributed by atoms with van der Waals surface area (Å²) in [7, 11) is 0. The number of hydrogen-bond acceptors (Lipinski definition) is 3. The number of nitrogens with zero attached hydrogens (tertiary/aromatic N) is 1. The van der Waals surface area contributed by atoms with Crippen LogP contribution < -0.4 is 10.6 Å². The maximum absolute atomic E-state index is 13.1. The Morgan fingerprint density at radius 3 is 2.37 bits per heavy atom. The van der Waals surface area contributed by atoms with Crippen molar-refractivity contribution < 1.29 is 14.4 Å². The molecule has 6 heteroatoms. The summed E-state index contributed by atoms with van der Waals surface area (Å²) >= 11 is 0. The summed E-state index contributed by atoms with van der Waals surface area (Å²) in [6.07, 6.45) is 8.26. The number of imide groups is 1. The lowest BCUT2D eigenvalue weighted by Crippen LogP contribution is -2.46. The number of rotatable bonds is 5. The van der Waals surface area contributed by atoms with Gasteiger partial charge >= 0.3 is 6.03 Å². The van der Waals surface area contributed by atoms with E-state index in [1.54, 1.807) is 0 Å². The van der Waals surface area contributed by atoms with Gasteiger partial charge in [-0.15, -0.1) is 0 Å². The summed E-state index contributed by atoms with van der Waals surface area (Å²) in [6, 6.07) is 8.86. The minimum atomic E-state index is -1.08. The van der Waals surface area contributed by atoms with Gasteiger partial charge in [-0.05, 0) is 24.8 Å². The lowest BCUT2D eigenvalue weighted by molar-refractivity contribution is -0.135. The first-order chi connectivity index (χ1) is 13.1. The Hall–Kier alpha value is -2.37. The van der Waals surface area contributed by atoms with Gasteiger partial charge in [-0.25, -0.2) is 4.79 Å². The Morgan fingerprint density at radius 2 is 1.74 bits per heavy atom. The molecule has 1 aromatic carbocycles. The van der Waals surface area contributed by atoms with E-state index in [1.165, 1.54) is 19.3 Å². The molecule has 0 aromatic heterocycles. The van der Waals surface area contributed by atoms with E-state index in [1.807, 2.05) is 37.3 Å². The number of urea groups is 1. The monoisotopic (exact) mass is 371 g/mol. The number of carbonyl (C=O) groups is 3. The van der Waals surface area contributed by atoms with Gasteiger partial charge in [-0.1, -0.05) is 69.4 Å². The van der Waals surface area contributed by atoms with Crippen molar-refractivity contribution >= 4 is 17.8 Å². The molecule has 4 amide bonds. The van der Waals surface area contributed by atoms with Crippen LogP contribution in [0.25, 0.3) is 0 Å². The molecule has 27 heavy (non-hydrogen) atoms. The van der Waals surface area contributed by atoms with Crippen LogP contribution in [0, 0.1) is 0 Å². The molecular formula is C21H29N3O3. The second-order valence-electron chi connectivity index (χ2n) is 7.56. The third kappa shape index (κ3) is 4.15. The van der Waals surface area contributed by atoms with Crippen molar-refractivity contribution in [2.45, 2.75) is 69.9 Å². The zero-order chi connectivity index (χ0) is 19.3. The highest BCUT2D eigenvalue weighted by molar-refractivity contribution is 6.09. The van der Waals surface area contributed by atoms with Crippen LogP contribution in [-0.4, -0.2) is 35.3 Å². The van der Waals surface area contributed by atoms with Crippen LogP contribution in [0.1, 0.15) is 63.9 Å². The first kappa shape index (κ1) is 19.4. The van der Waals surface area contributed by atoms with Crippen LogP contribution >= 0.6 is 0 Å². The van der Waals surface area contributed by atoms with Gasteiger partial charge in [0.1, 0.15) is 12.1 Å². The third-order valence-corrected chi connectivity index (χ3v) is 5.74. The molecule has 0 bridgehead atoms. The Balaban J connectivity index is 1.67. The highest BCUT2D eigenvalue weighted by Gasteiger charge is 2.51. The predicted molar refractivity (Wildman–Crippen MR) is 103 cm³/mol. The average molecular weight is 371 g/mol. The maximum atomic E-state index is 13.1. The number of amides is 4. The van der Waals surface area contributed by atoms with Gasteiger partial charge < -0.3 is 10.6 Å². The lowest BCUT2D eigenvalue weighted by Gasteiger charge is -2.26. The zero-order valence-corrected chi connectivity index (χ0v) is 16.0. The van der Waals surface area contributed by atoms with E-state index in [-0.39, 0.29) is 24.4 Å². The normalized spacial score (nSPS) is 24.3. The fourth-order valence-corrected chi connectivity index (χ4v) is 4.15. The Labute approximate surface area is 160 Å². The van der Waals surface area contributed by atoms with Gasteiger partial charge in [0.2, 0.25) is 5.91 Å². The highest BCUT2D eigenvalue weighted by atomic mass is 16.2. The number of hydrogen-bond donors (Lipinski definition) is 2. The standard InChI is InChI=1S/C21H29N3O3/c1-2-21(16-11-7-6-8-12-16)19(26)24(20(27)23-21)15-18(25)22-17-13-9-4-3-5-10-14-17/h6-8,11-12,17H,2-5,9-10,13-15H2,1H3,(H,22,25)(H,23,27). The first-order valence-electron chi connectivity index (χ1n) is 10.1. The molecule has 0 radical (unpaired) electrons. The predicted octanol–water partition coefficient (Wildman–Crippen LogP) is 3.07. The minimum absolute atomic E-state index is 0.142. The number of carbonyl (C=O) groups excluding carboxylic acids is 3. The molecule has 2 fully saturated rings. The van der Waals surface area contributed by atoms with Gasteiger partial charge in [-0.3, -0.25) is 14.5 Å². The van der Waals surface area contributed by atoms with Gasteiger partial charge in [0, 0.05) is 6.04 Å². The van der Waals surface area contributed by atoms with Crippen molar-refractivity contribution in [3.63, 3.8) is 0 Å². The number of nitrogens with one attached hydrogen (secondary N) is 2. The molecule has 1 aliphatic carbocycles. The molecule has 1 saturated heterocycles. The van der Waals surface area contributed by atoms with E-state index in [0.717, 1.165) is 36.1 Å². The summed E-state index contributed by atoms with van der Waals surface area (Å²) in [5.41, 5.74) is -0.340. The molecule has 1 aromatic rings. The Morgan fingerprint density at radius 1 is 1.11 bits per heavy atom. The minimum Gasteiger partial charge on any atom is -0.352 e.